The third-order valence-corrected chi connectivity index (χ3v) is 9.43. The second-order valence-electron chi connectivity index (χ2n) is 8.74. The molecule has 164 valence electrons. The molecule has 31 heavy (non-hydrogen) atoms. The van der Waals surface area contributed by atoms with Gasteiger partial charge in [-0.2, -0.15) is 4.31 Å². The normalized spacial score (nSPS) is 18.4. The summed E-state index contributed by atoms with van der Waals surface area (Å²) in [5.74, 6) is 0.856. The molecule has 2 aromatic carbocycles. The Labute approximate surface area is 188 Å². The van der Waals surface area contributed by atoms with Crippen LogP contribution >= 0.6 is 11.8 Å². The van der Waals surface area contributed by atoms with Crippen LogP contribution in [0.1, 0.15) is 55.7 Å². The zero-order chi connectivity index (χ0) is 21.4. The number of sulfonamides is 1. The average molecular weight is 456 g/mol. The zero-order valence-corrected chi connectivity index (χ0v) is 19.6. The van der Waals surface area contributed by atoms with Gasteiger partial charge < -0.3 is 4.57 Å². The summed E-state index contributed by atoms with van der Waals surface area (Å²) in [7, 11) is -3.43. The maximum Gasteiger partial charge on any atom is 0.243 e. The number of aryl methyl sites for hydroxylation is 1. The number of imidazole rings is 1. The number of aromatic nitrogens is 2. The molecule has 0 N–H and O–H groups in total. The first-order valence-electron chi connectivity index (χ1n) is 11.2. The van der Waals surface area contributed by atoms with Crippen LogP contribution in [0.25, 0.3) is 11.0 Å². The van der Waals surface area contributed by atoms with E-state index in [4.69, 9.17) is 4.98 Å². The van der Waals surface area contributed by atoms with E-state index in [9.17, 15) is 8.42 Å². The molecule has 2 aliphatic rings. The molecular formula is C24H29N3O2S2. The van der Waals surface area contributed by atoms with Crippen molar-refractivity contribution in [3.05, 3.63) is 53.6 Å². The quantitative estimate of drug-likeness (QED) is 0.458. The van der Waals surface area contributed by atoms with Gasteiger partial charge in [-0.15, -0.1) is 0 Å². The van der Waals surface area contributed by atoms with Crippen molar-refractivity contribution in [3.63, 3.8) is 0 Å². The van der Waals surface area contributed by atoms with Crippen molar-refractivity contribution in [2.45, 2.75) is 67.3 Å². The predicted molar refractivity (Wildman–Crippen MR) is 126 cm³/mol. The lowest BCUT2D eigenvalue weighted by Gasteiger charge is -2.17. The van der Waals surface area contributed by atoms with E-state index in [1.165, 1.54) is 24.0 Å². The van der Waals surface area contributed by atoms with Gasteiger partial charge in [0.1, 0.15) is 0 Å². The summed E-state index contributed by atoms with van der Waals surface area (Å²) in [6.07, 6.45) is 6.70. The molecule has 3 aromatic rings. The second kappa shape index (κ2) is 8.60. The summed E-state index contributed by atoms with van der Waals surface area (Å²) in [6.45, 7) is 3.34. The van der Waals surface area contributed by atoms with E-state index in [2.05, 4.69) is 35.8 Å². The van der Waals surface area contributed by atoms with Crippen LogP contribution in [0.15, 0.2) is 52.5 Å². The number of thioether (sulfide) groups is 1. The minimum absolute atomic E-state index is 0.369. The van der Waals surface area contributed by atoms with Crippen molar-refractivity contribution in [2.75, 3.05) is 13.1 Å². The molecule has 1 aromatic heterocycles. The molecule has 0 radical (unpaired) electrons. The van der Waals surface area contributed by atoms with Crippen molar-refractivity contribution in [2.24, 2.45) is 0 Å². The van der Waals surface area contributed by atoms with Crippen molar-refractivity contribution in [3.8, 4) is 0 Å². The maximum absolute atomic E-state index is 13.1. The van der Waals surface area contributed by atoms with Gasteiger partial charge in [0.2, 0.25) is 10.0 Å². The number of fused-ring (bicyclic) bond motifs is 1. The second-order valence-corrected chi connectivity index (χ2v) is 11.6. The predicted octanol–water partition coefficient (Wildman–Crippen LogP) is 5.54. The van der Waals surface area contributed by atoms with Crippen molar-refractivity contribution >= 4 is 32.8 Å². The molecule has 1 aliphatic carbocycles. The first kappa shape index (κ1) is 21.0. The summed E-state index contributed by atoms with van der Waals surface area (Å²) in [6, 6.07) is 14.6. The molecule has 1 saturated heterocycles. The minimum atomic E-state index is -3.43. The fraction of sp³-hybridized carbons (Fsp3) is 0.458. The fourth-order valence-electron chi connectivity index (χ4n) is 4.74. The molecule has 2 fully saturated rings. The Bertz CT molecular complexity index is 1170. The lowest BCUT2D eigenvalue weighted by atomic mass is 10.2. The van der Waals surface area contributed by atoms with Gasteiger partial charge in [-0.25, -0.2) is 13.4 Å². The van der Waals surface area contributed by atoms with Crippen LogP contribution in [-0.2, 0) is 15.8 Å². The SMILES string of the molecule is Cc1ccc(CSc2nc3cc(S(=O)(=O)N4CCCC4)ccc3n2C2CCCC2)cc1. The Morgan fingerprint density at radius 2 is 1.71 bits per heavy atom. The summed E-state index contributed by atoms with van der Waals surface area (Å²) in [4.78, 5) is 5.30. The van der Waals surface area contributed by atoms with Gasteiger partial charge in [-0.05, 0) is 56.4 Å². The fourth-order valence-corrected chi connectivity index (χ4v) is 7.32. The average Bonchev–Trinajstić information content (AvgIpc) is 3.53. The Hall–Kier alpha value is -1.83. The highest BCUT2D eigenvalue weighted by Gasteiger charge is 2.29. The summed E-state index contributed by atoms with van der Waals surface area (Å²) >= 11 is 1.75. The van der Waals surface area contributed by atoms with E-state index < -0.39 is 10.0 Å². The first-order valence-corrected chi connectivity index (χ1v) is 13.7. The molecular weight excluding hydrogens is 426 g/mol. The zero-order valence-electron chi connectivity index (χ0n) is 18.0. The summed E-state index contributed by atoms with van der Waals surface area (Å²) < 4.78 is 30.1. The Kier molecular flexibility index (Phi) is 5.84. The van der Waals surface area contributed by atoms with Crippen LogP contribution in [0, 0.1) is 6.92 Å². The van der Waals surface area contributed by atoms with Crippen LogP contribution < -0.4 is 0 Å². The molecule has 1 saturated carbocycles. The smallest absolute Gasteiger partial charge is 0.243 e. The molecule has 0 atom stereocenters. The highest BCUT2D eigenvalue weighted by atomic mass is 32.2. The van der Waals surface area contributed by atoms with E-state index in [-0.39, 0.29) is 0 Å². The lowest BCUT2D eigenvalue weighted by Crippen LogP contribution is -2.27. The molecule has 5 rings (SSSR count). The number of benzene rings is 2. The number of hydrogen-bond donors (Lipinski definition) is 0. The summed E-state index contributed by atoms with van der Waals surface area (Å²) in [5, 5.41) is 0.998. The molecule has 7 heteroatoms. The molecule has 0 unspecified atom stereocenters. The molecule has 5 nitrogen and oxygen atoms in total. The Morgan fingerprint density at radius 1 is 1.00 bits per heavy atom. The maximum atomic E-state index is 13.1. The van der Waals surface area contributed by atoms with Crippen LogP contribution in [0.4, 0.5) is 0 Å². The number of rotatable bonds is 6. The van der Waals surface area contributed by atoms with Gasteiger partial charge in [0, 0.05) is 24.9 Å². The van der Waals surface area contributed by atoms with E-state index in [0.29, 0.717) is 24.0 Å². The van der Waals surface area contributed by atoms with Crippen molar-refractivity contribution in [1.29, 1.82) is 0 Å². The highest BCUT2D eigenvalue weighted by Crippen LogP contribution is 2.38. The number of hydrogen-bond acceptors (Lipinski definition) is 4. The van der Waals surface area contributed by atoms with E-state index in [1.807, 2.05) is 6.07 Å². The van der Waals surface area contributed by atoms with Gasteiger partial charge in [0.15, 0.2) is 5.16 Å². The van der Waals surface area contributed by atoms with Gasteiger partial charge in [0.05, 0.1) is 15.9 Å². The van der Waals surface area contributed by atoms with Crippen LogP contribution in [-0.4, -0.2) is 35.4 Å². The van der Waals surface area contributed by atoms with Crippen LogP contribution in [0.3, 0.4) is 0 Å². The van der Waals surface area contributed by atoms with Gasteiger partial charge in [-0.3, -0.25) is 0 Å². The molecule has 0 bridgehead atoms. The highest BCUT2D eigenvalue weighted by molar-refractivity contribution is 7.98. The first-order chi connectivity index (χ1) is 15.0. The topological polar surface area (TPSA) is 55.2 Å². The molecule has 1 aliphatic heterocycles. The number of nitrogens with zero attached hydrogens (tertiary/aromatic N) is 3. The third-order valence-electron chi connectivity index (χ3n) is 6.51. The third kappa shape index (κ3) is 4.15. The van der Waals surface area contributed by atoms with Crippen molar-refractivity contribution in [1.82, 2.24) is 13.9 Å². The van der Waals surface area contributed by atoms with E-state index in [1.54, 1.807) is 28.2 Å². The monoisotopic (exact) mass is 455 g/mol. The van der Waals surface area contributed by atoms with Gasteiger partial charge in [-0.1, -0.05) is 54.4 Å². The van der Waals surface area contributed by atoms with Gasteiger partial charge >= 0.3 is 0 Å². The van der Waals surface area contributed by atoms with E-state index in [0.717, 1.165) is 47.6 Å². The van der Waals surface area contributed by atoms with Crippen LogP contribution in [0.5, 0.6) is 0 Å². The van der Waals surface area contributed by atoms with E-state index >= 15 is 0 Å². The molecule has 2 heterocycles. The largest absolute Gasteiger partial charge is 0.316 e. The van der Waals surface area contributed by atoms with Crippen LogP contribution in [0.2, 0.25) is 0 Å². The Balaban J connectivity index is 1.50. The van der Waals surface area contributed by atoms with Crippen molar-refractivity contribution < 1.29 is 8.42 Å². The standard InChI is InChI=1S/C24H29N3O2S2/c1-18-8-10-19(11-9-18)17-30-24-25-22-16-21(31(28,29)26-14-4-5-15-26)12-13-23(22)27(24)20-6-2-3-7-20/h8-13,16,20H,2-7,14-15,17H2,1H3. The Morgan fingerprint density at radius 3 is 2.42 bits per heavy atom. The minimum Gasteiger partial charge on any atom is -0.316 e. The lowest BCUT2D eigenvalue weighted by molar-refractivity contribution is 0.477. The molecule has 0 spiro atoms. The van der Waals surface area contributed by atoms with Gasteiger partial charge in [0.25, 0.3) is 0 Å². The summed E-state index contributed by atoms with van der Waals surface area (Å²) in [5.41, 5.74) is 4.38. The molecule has 0 amide bonds.